The summed E-state index contributed by atoms with van der Waals surface area (Å²) in [5, 5.41) is 0. The van der Waals surface area contributed by atoms with E-state index < -0.39 is 0 Å². The lowest BCUT2D eigenvalue weighted by atomic mass is 10.1. The number of hydrogen-bond acceptors (Lipinski definition) is 4. The van der Waals surface area contributed by atoms with Crippen molar-refractivity contribution in [1.82, 2.24) is 9.80 Å². The fraction of sp³-hybridized carbons (Fsp3) is 0.462. The summed E-state index contributed by atoms with van der Waals surface area (Å²) in [5.41, 5.74) is 2.27. The van der Waals surface area contributed by atoms with Crippen molar-refractivity contribution in [3.8, 4) is 5.75 Å². The molecule has 0 saturated heterocycles. The van der Waals surface area contributed by atoms with Gasteiger partial charge in [-0.2, -0.15) is 0 Å². The maximum atomic E-state index is 11.4. The summed E-state index contributed by atoms with van der Waals surface area (Å²) in [4.78, 5) is 15.1. The van der Waals surface area contributed by atoms with E-state index in [2.05, 4.69) is 0 Å². The molecule has 0 atom stereocenters. The van der Waals surface area contributed by atoms with E-state index in [0.717, 1.165) is 16.9 Å². The number of nitrogens with zero attached hydrogens (tertiary/aromatic N) is 2. The molecule has 0 saturated carbocycles. The van der Waals surface area contributed by atoms with Gasteiger partial charge in [0.1, 0.15) is 12.5 Å². The molecule has 0 aliphatic carbocycles. The van der Waals surface area contributed by atoms with Crippen LogP contribution in [0.5, 0.6) is 5.75 Å². The highest BCUT2D eigenvalue weighted by Crippen LogP contribution is 2.27. The van der Waals surface area contributed by atoms with Gasteiger partial charge in [-0.25, -0.2) is 4.79 Å². The van der Waals surface area contributed by atoms with E-state index in [4.69, 9.17) is 9.47 Å². The van der Waals surface area contributed by atoms with Crippen molar-refractivity contribution in [2.45, 2.75) is 13.1 Å². The van der Waals surface area contributed by atoms with Crippen molar-refractivity contribution in [3.05, 3.63) is 29.3 Å². The van der Waals surface area contributed by atoms with Gasteiger partial charge in [0.25, 0.3) is 0 Å². The Morgan fingerprint density at radius 3 is 2.72 bits per heavy atom. The van der Waals surface area contributed by atoms with Crippen LogP contribution in [0.3, 0.4) is 0 Å². The zero-order valence-corrected chi connectivity index (χ0v) is 11.0. The molecule has 1 heterocycles. The second kappa shape index (κ2) is 5.27. The van der Waals surface area contributed by atoms with Crippen molar-refractivity contribution < 1.29 is 14.3 Å². The van der Waals surface area contributed by atoms with Crippen LogP contribution in [0.15, 0.2) is 18.2 Å². The Morgan fingerprint density at radius 1 is 1.33 bits per heavy atom. The summed E-state index contributed by atoms with van der Waals surface area (Å²) in [6, 6.07) is 5.92. The first-order chi connectivity index (χ1) is 8.60. The summed E-state index contributed by atoms with van der Waals surface area (Å²) in [6.45, 7) is 1.73. The quantitative estimate of drug-likeness (QED) is 0.765. The standard InChI is InChI=1S/C13H18N2O3/c1-14(2)9-18-12-5-4-10-7-15(13(16)17-3)8-11(10)6-12/h4-6H,7-9H2,1-3H3. The van der Waals surface area contributed by atoms with Crippen molar-refractivity contribution in [1.29, 1.82) is 0 Å². The SMILES string of the molecule is COC(=O)N1Cc2ccc(OCN(C)C)cc2C1. The summed E-state index contributed by atoms with van der Waals surface area (Å²) in [6.07, 6.45) is -0.290. The van der Waals surface area contributed by atoms with Crippen LogP contribution in [0.25, 0.3) is 0 Å². The van der Waals surface area contributed by atoms with Crippen LogP contribution in [-0.2, 0) is 17.8 Å². The average molecular weight is 250 g/mol. The van der Waals surface area contributed by atoms with Crippen LogP contribution in [-0.4, -0.2) is 43.8 Å². The molecule has 2 rings (SSSR count). The fourth-order valence-electron chi connectivity index (χ4n) is 1.92. The molecule has 1 aromatic rings. The fourth-order valence-corrected chi connectivity index (χ4v) is 1.92. The molecule has 0 radical (unpaired) electrons. The van der Waals surface area contributed by atoms with Gasteiger partial charge in [-0.3, -0.25) is 9.80 Å². The largest absolute Gasteiger partial charge is 0.478 e. The smallest absolute Gasteiger partial charge is 0.410 e. The number of carbonyl (C=O) groups is 1. The predicted molar refractivity (Wildman–Crippen MR) is 67.3 cm³/mol. The molecule has 18 heavy (non-hydrogen) atoms. The minimum absolute atomic E-state index is 0.290. The lowest BCUT2D eigenvalue weighted by molar-refractivity contribution is 0.123. The highest BCUT2D eigenvalue weighted by atomic mass is 16.5. The number of ether oxygens (including phenoxy) is 2. The zero-order chi connectivity index (χ0) is 13.1. The normalized spacial score (nSPS) is 13.7. The van der Waals surface area contributed by atoms with E-state index in [9.17, 15) is 4.79 Å². The third-order valence-electron chi connectivity index (χ3n) is 2.82. The van der Waals surface area contributed by atoms with Crippen LogP contribution in [0.1, 0.15) is 11.1 Å². The van der Waals surface area contributed by atoms with E-state index in [1.807, 2.05) is 37.2 Å². The second-order valence-corrected chi connectivity index (χ2v) is 4.61. The number of fused-ring (bicyclic) bond motifs is 1. The Labute approximate surface area is 107 Å². The number of rotatable bonds is 3. The van der Waals surface area contributed by atoms with Crippen molar-refractivity contribution in [2.24, 2.45) is 0 Å². The van der Waals surface area contributed by atoms with Crippen LogP contribution >= 0.6 is 0 Å². The molecule has 1 aliphatic heterocycles. The summed E-state index contributed by atoms with van der Waals surface area (Å²) >= 11 is 0. The Balaban J connectivity index is 2.05. The third kappa shape index (κ3) is 2.73. The molecule has 0 unspecified atom stereocenters. The van der Waals surface area contributed by atoms with Crippen molar-refractivity contribution in [2.75, 3.05) is 27.9 Å². The van der Waals surface area contributed by atoms with Crippen LogP contribution in [0.2, 0.25) is 0 Å². The van der Waals surface area contributed by atoms with E-state index in [1.165, 1.54) is 7.11 Å². The molecule has 0 aromatic heterocycles. The topological polar surface area (TPSA) is 42.0 Å². The van der Waals surface area contributed by atoms with Gasteiger partial charge in [0.2, 0.25) is 0 Å². The monoisotopic (exact) mass is 250 g/mol. The minimum atomic E-state index is -0.290. The Morgan fingerprint density at radius 2 is 2.06 bits per heavy atom. The molecular weight excluding hydrogens is 232 g/mol. The first-order valence-corrected chi connectivity index (χ1v) is 5.82. The molecule has 0 spiro atoms. The van der Waals surface area contributed by atoms with Gasteiger partial charge < -0.3 is 9.47 Å². The molecule has 1 aliphatic rings. The highest BCUT2D eigenvalue weighted by molar-refractivity contribution is 5.68. The van der Waals surface area contributed by atoms with Crippen LogP contribution in [0.4, 0.5) is 4.79 Å². The molecule has 1 amide bonds. The number of methoxy groups -OCH3 is 1. The lowest BCUT2D eigenvalue weighted by Crippen LogP contribution is -2.24. The Hall–Kier alpha value is -1.75. The number of hydrogen-bond donors (Lipinski definition) is 0. The Bertz CT molecular complexity index is 446. The lowest BCUT2D eigenvalue weighted by Gasteiger charge is -2.12. The van der Waals surface area contributed by atoms with E-state index >= 15 is 0 Å². The predicted octanol–water partition coefficient (Wildman–Crippen LogP) is 1.67. The molecule has 5 nitrogen and oxygen atoms in total. The first kappa shape index (κ1) is 12.7. The molecule has 0 N–H and O–H groups in total. The molecule has 1 aromatic carbocycles. The number of amides is 1. The number of carbonyl (C=O) groups excluding carboxylic acids is 1. The minimum Gasteiger partial charge on any atom is -0.478 e. The van der Waals surface area contributed by atoms with Gasteiger partial charge in [-0.15, -0.1) is 0 Å². The van der Waals surface area contributed by atoms with Crippen molar-refractivity contribution >= 4 is 6.09 Å². The van der Waals surface area contributed by atoms with Gasteiger partial charge >= 0.3 is 6.09 Å². The second-order valence-electron chi connectivity index (χ2n) is 4.61. The third-order valence-corrected chi connectivity index (χ3v) is 2.82. The molecular formula is C13H18N2O3. The van der Waals surface area contributed by atoms with Crippen LogP contribution in [0, 0.1) is 0 Å². The first-order valence-electron chi connectivity index (χ1n) is 5.82. The highest BCUT2D eigenvalue weighted by Gasteiger charge is 2.24. The van der Waals surface area contributed by atoms with Gasteiger partial charge in [0.05, 0.1) is 7.11 Å². The molecule has 0 bridgehead atoms. The average Bonchev–Trinajstić information content (AvgIpc) is 2.78. The van der Waals surface area contributed by atoms with Crippen LogP contribution < -0.4 is 4.74 Å². The maximum Gasteiger partial charge on any atom is 0.410 e. The maximum absolute atomic E-state index is 11.4. The van der Waals surface area contributed by atoms with E-state index in [-0.39, 0.29) is 6.09 Å². The van der Waals surface area contributed by atoms with E-state index in [0.29, 0.717) is 19.8 Å². The van der Waals surface area contributed by atoms with Gasteiger partial charge in [0, 0.05) is 13.1 Å². The molecule has 5 heteroatoms. The summed E-state index contributed by atoms with van der Waals surface area (Å²) in [7, 11) is 5.30. The van der Waals surface area contributed by atoms with Crippen molar-refractivity contribution in [3.63, 3.8) is 0 Å². The zero-order valence-electron chi connectivity index (χ0n) is 11.0. The Kier molecular flexibility index (Phi) is 3.72. The van der Waals surface area contributed by atoms with E-state index in [1.54, 1.807) is 4.90 Å². The number of benzene rings is 1. The summed E-state index contributed by atoms with van der Waals surface area (Å²) < 4.78 is 10.3. The van der Waals surface area contributed by atoms with Gasteiger partial charge in [-0.05, 0) is 37.4 Å². The molecule has 0 fully saturated rings. The molecule has 98 valence electrons. The van der Waals surface area contributed by atoms with Gasteiger partial charge in [-0.1, -0.05) is 6.07 Å². The van der Waals surface area contributed by atoms with Gasteiger partial charge in [0.15, 0.2) is 0 Å². The summed E-state index contributed by atoms with van der Waals surface area (Å²) in [5.74, 6) is 0.828.